The Morgan fingerprint density at radius 1 is 1.33 bits per heavy atom. The molecule has 18 heavy (non-hydrogen) atoms. The van der Waals surface area contributed by atoms with Crippen LogP contribution in [0.3, 0.4) is 0 Å². The van der Waals surface area contributed by atoms with Crippen LogP contribution in [-0.4, -0.2) is 19.7 Å². The van der Waals surface area contributed by atoms with Gasteiger partial charge >= 0.3 is 0 Å². The molecule has 1 aliphatic rings. The van der Waals surface area contributed by atoms with E-state index in [0.717, 1.165) is 17.5 Å². The van der Waals surface area contributed by atoms with Gasteiger partial charge in [0.2, 0.25) is 5.89 Å². The maximum atomic E-state index is 5.40. The third-order valence-corrected chi connectivity index (χ3v) is 3.67. The van der Waals surface area contributed by atoms with Gasteiger partial charge in [-0.25, -0.2) is 4.98 Å². The quantitative estimate of drug-likeness (QED) is 0.835. The van der Waals surface area contributed by atoms with Gasteiger partial charge in [-0.05, 0) is 19.8 Å². The number of aryl methyl sites for hydroxylation is 1. The highest BCUT2D eigenvalue weighted by molar-refractivity contribution is 4.98. The third kappa shape index (κ3) is 2.30. The summed E-state index contributed by atoms with van der Waals surface area (Å²) in [5.41, 5.74) is 0. The van der Waals surface area contributed by atoms with Gasteiger partial charge in [0.15, 0.2) is 5.82 Å². The molecule has 0 spiro atoms. The molecule has 0 N–H and O–H groups in total. The van der Waals surface area contributed by atoms with Crippen molar-refractivity contribution in [2.24, 2.45) is 0 Å². The van der Waals surface area contributed by atoms with Gasteiger partial charge in [-0.3, -0.25) is 0 Å². The molecule has 1 fully saturated rings. The first kappa shape index (κ1) is 11.4. The van der Waals surface area contributed by atoms with Gasteiger partial charge in [-0.15, -0.1) is 0 Å². The molecule has 2 aromatic heterocycles. The van der Waals surface area contributed by atoms with E-state index in [2.05, 4.69) is 15.1 Å². The second kappa shape index (κ2) is 4.92. The first-order chi connectivity index (χ1) is 8.83. The highest BCUT2D eigenvalue weighted by Gasteiger charge is 2.21. The molecule has 1 aliphatic carbocycles. The van der Waals surface area contributed by atoms with Crippen LogP contribution < -0.4 is 0 Å². The highest BCUT2D eigenvalue weighted by atomic mass is 16.5. The summed E-state index contributed by atoms with van der Waals surface area (Å²) in [4.78, 5) is 8.71. The Bertz CT molecular complexity index is 511. The van der Waals surface area contributed by atoms with Gasteiger partial charge in [0.25, 0.3) is 0 Å². The van der Waals surface area contributed by atoms with Crippen molar-refractivity contribution < 1.29 is 4.52 Å². The summed E-state index contributed by atoms with van der Waals surface area (Å²) in [6.07, 6.45) is 10.00. The van der Waals surface area contributed by atoms with Crippen molar-refractivity contribution in [3.8, 4) is 0 Å². The number of rotatable bonds is 3. The van der Waals surface area contributed by atoms with Crippen LogP contribution in [0, 0.1) is 6.92 Å². The Labute approximate surface area is 106 Å². The lowest BCUT2D eigenvalue weighted by molar-refractivity contribution is 0.312. The summed E-state index contributed by atoms with van der Waals surface area (Å²) in [7, 11) is 0. The molecule has 5 heteroatoms. The Morgan fingerprint density at radius 2 is 2.17 bits per heavy atom. The van der Waals surface area contributed by atoms with E-state index in [1.165, 1.54) is 32.1 Å². The van der Waals surface area contributed by atoms with Gasteiger partial charge < -0.3 is 9.09 Å². The maximum Gasteiger partial charge on any atom is 0.229 e. The highest BCUT2D eigenvalue weighted by Crippen LogP contribution is 2.31. The van der Waals surface area contributed by atoms with Crippen molar-refractivity contribution >= 4 is 0 Å². The predicted molar refractivity (Wildman–Crippen MR) is 66.2 cm³/mol. The fourth-order valence-electron chi connectivity index (χ4n) is 2.57. The van der Waals surface area contributed by atoms with Gasteiger partial charge in [0, 0.05) is 18.3 Å². The average Bonchev–Trinajstić information content (AvgIpc) is 3.02. The average molecular weight is 246 g/mol. The SMILES string of the molecule is Cc1nccn1Cc1noc(C2CCCCC2)n1. The van der Waals surface area contributed by atoms with Gasteiger partial charge in [-0.1, -0.05) is 24.4 Å². The normalized spacial score (nSPS) is 17.2. The molecule has 0 aromatic carbocycles. The molecule has 0 unspecified atom stereocenters. The van der Waals surface area contributed by atoms with Gasteiger partial charge in [-0.2, -0.15) is 4.98 Å². The minimum absolute atomic E-state index is 0.476. The van der Waals surface area contributed by atoms with Crippen LogP contribution in [0.15, 0.2) is 16.9 Å². The van der Waals surface area contributed by atoms with Crippen LogP contribution >= 0.6 is 0 Å². The number of hydrogen-bond donors (Lipinski definition) is 0. The molecule has 1 saturated carbocycles. The molecular formula is C13H18N4O. The lowest BCUT2D eigenvalue weighted by Crippen LogP contribution is -2.06. The zero-order valence-electron chi connectivity index (χ0n) is 10.7. The Hall–Kier alpha value is -1.65. The van der Waals surface area contributed by atoms with E-state index in [1.54, 1.807) is 6.20 Å². The number of nitrogens with zero attached hydrogens (tertiary/aromatic N) is 4. The van der Waals surface area contributed by atoms with Crippen LogP contribution in [0.4, 0.5) is 0 Å². The van der Waals surface area contributed by atoms with Crippen LogP contribution in [0.2, 0.25) is 0 Å². The molecular weight excluding hydrogens is 228 g/mol. The van der Waals surface area contributed by atoms with Crippen molar-refractivity contribution in [2.45, 2.75) is 51.5 Å². The minimum atomic E-state index is 0.476. The standard InChI is InChI=1S/C13H18N4O/c1-10-14-7-8-17(10)9-12-15-13(18-16-12)11-5-3-2-4-6-11/h7-8,11H,2-6,9H2,1H3. The molecule has 0 saturated heterocycles. The van der Waals surface area contributed by atoms with Crippen LogP contribution in [0.25, 0.3) is 0 Å². The summed E-state index contributed by atoms with van der Waals surface area (Å²) in [6, 6.07) is 0. The van der Waals surface area contributed by atoms with Crippen LogP contribution in [0.1, 0.15) is 55.6 Å². The second-order valence-electron chi connectivity index (χ2n) is 4.99. The van der Waals surface area contributed by atoms with Crippen molar-refractivity contribution in [1.29, 1.82) is 0 Å². The van der Waals surface area contributed by atoms with Gasteiger partial charge in [0.1, 0.15) is 5.82 Å². The summed E-state index contributed by atoms with van der Waals surface area (Å²) in [5.74, 6) is 3.02. The number of hydrogen-bond acceptors (Lipinski definition) is 4. The molecule has 0 amide bonds. The zero-order valence-corrected chi connectivity index (χ0v) is 10.7. The molecule has 96 valence electrons. The fraction of sp³-hybridized carbons (Fsp3) is 0.615. The largest absolute Gasteiger partial charge is 0.339 e. The smallest absolute Gasteiger partial charge is 0.229 e. The van der Waals surface area contributed by atoms with E-state index in [4.69, 9.17) is 4.52 Å². The van der Waals surface area contributed by atoms with Crippen LogP contribution in [-0.2, 0) is 6.54 Å². The molecule has 0 atom stereocenters. The van der Waals surface area contributed by atoms with E-state index >= 15 is 0 Å². The molecule has 2 aromatic rings. The van der Waals surface area contributed by atoms with Crippen molar-refractivity contribution in [3.63, 3.8) is 0 Å². The first-order valence-corrected chi connectivity index (χ1v) is 6.63. The Balaban J connectivity index is 1.71. The van der Waals surface area contributed by atoms with E-state index < -0.39 is 0 Å². The lowest BCUT2D eigenvalue weighted by Gasteiger charge is -2.17. The molecule has 0 aliphatic heterocycles. The molecule has 3 rings (SSSR count). The number of imidazole rings is 1. The van der Waals surface area contributed by atoms with E-state index in [0.29, 0.717) is 12.5 Å². The molecule has 0 radical (unpaired) electrons. The zero-order chi connectivity index (χ0) is 12.4. The van der Waals surface area contributed by atoms with E-state index in [9.17, 15) is 0 Å². The summed E-state index contributed by atoms with van der Waals surface area (Å²) >= 11 is 0. The third-order valence-electron chi connectivity index (χ3n) is 3.67. The fourth-order valence-corrected chi connectivity index (χ4v) is 2.57. The van der Waals surface area contributed by atoms with Crippen molar-refractivity contribution in [1.82, 2.24) is 19.7 Å². The van der Waals surface area contributed by atoms with Crippen LogP contribution in [0.5, 0.6) is 0 Å². The summed E-state index contributed by atoms with van der Waals surface area (Å²) in [6.45, 7) is 2.62. The second-order valence-corrected chi connectivity index (χ2v) is 4.99. The minimum Gasteiger partial charge on any atom is -0.339 e. The molecule has 0 bridgehead atoms. The summed E-state index contributed by atoms with van der Waals surface area (Å²) < 4.78 is 7.42. The molecule has 2 heterocycles. The van der Waals surface area contributed by atoms with E-state index in [-0.39, 0.29) is 0 Å². The van der Waals surface area contributed by atoms with Crippen molar-refractivity contribution in [2.75, 3.05) is 0 Å². The Morgan fingerprint density at radius 3 is 2.89 bits per heavy atom. The summed E-state index contributed by atoms with van der Waals surface area (Å²) in [5, 5.41) is 4.07. The molecule has 5 nitrogen and oxygen atoms in total. The Kier molecular flexibility index (Phi) is 3.13. The number of aromatic nitrogens is 4. The lowest BCUT2D eigenvalue weighted by atomic mass is 9.89. The predicted octanol–water partition coefficient (Wildman–Crippen LogP) is 2.67. The monoisotopic (exact) mass is 246 g/mol. The first-order valence-electron chi connectivity index (χ1n) is 6.63. The van der Waals surface area contributed by atoms with Crippen molar-refractivity contribution in [3.05, 3.63) is 29.9 Å². The topological polar surface area (TPSA) is 56.7 Å². The van der Waals surface area contributed by atoms with Gasteiger partial charge in [0.05, 0.1) is 6.54 Å². The van der Waals surface area contributed by atoms with E-state index in [1.807, 2.05) is 17.7 Å². The maximum absolute atomic E-state index is 5.40.